The van der Waals surface area contributed by atoms with Gasteiger partial charge in [0.25, 0.3) is 0 Å². The van der Waals surface area contributed by atoms with Crippen LogP contribution in [0.4, 0.5) is 13.2 Å². The molecule has 26 heteroatoms. The fourth-order valence-corrected chi connectivity index (χ4v) is 13.8. The van der Waals surface area contributed by atoms with Crippen molar-refractivity contribution < 1.29 is 109 Å². The van der Waals surface area contributed by atoms with Crippen LogP contribution in [-0.2, 0) is 85.8 Å². The van der Waals surface area contributed by atoms with Crippen LogP contribution in [-0.4, -0.2) is 140 Å². The zero-order valence-corrected chi connectivity index (χ0v) is 46.6. The number of hydrogen-bond acceptors (Lipinski definition) is 23. The molecular formula is C55H68F3N3O20. The molecule has 0 radical (unpaired) electrons. The number of alkyl halides is 3. The van der Waals surface area contributed by atoms with Crippen LogP contribution in [0.3, 0.4) is 0 Å². The number of carbonyl (C=O) groups is 9. The number of esters is 9. The van der Waals surface area contributed by atoms with Crippen molar-refractivity contribution in [1.82, 2.24) is 0 Å². The van der Waals surface area contributed by atoms with E-state index in [1.54, 1.807) is 48.5 Å². The summed E-state index contributed by atoms with van der Waals surface area (Å²) in [6.45, 7) is 14.7. The van der Waals surface area contributed by atoms with Gasteiger partial charge < -0.3 is 52.8 Å². The van der Waals surface area contributed by atoms with Gasteiger partial charge in [0, 0.05) is 29.1 Å². The Kier molecular flexibility index (Phi) is 16.3. The number of fused-ring (bicyclic) bond motifs is 3. The normalized spacial score (nSPS) is 37.4. The largest absolute Gasteiger partial charge is 0.457 e. The highest BCUT2D eigenvalue weighted by atomic mass is 19.4. The predicted octanol–water partition coefficient (Wildman–Crippen LogP) is 3.82. The Hall–Kier alpha value is -6.59. The minimum absolute atomic E-state index is 0.0660. The minimum Gasteiger partial charge on any atom is -0.457 e. The summed E-state index contributed by atoms with van der Waals surface area (Å²) in [6, 6.07) is 5.67. The lowest BCUT2D eigenvalue weighted by atomic mass is 9.62. The number of ether oxygens (including phenoxy) is 9. The predicted molar refractivity (Wildman–Crippen MR) is 259 cm³/mol. The van der Waals surface area contributed by atoms with Gasteiger partial charge in [-0.1, -0.05) is 27.7 Å². The van der Waals surface area contributed by atoms with Gasteiger partial charge in [-0.15, -0.1) is 0 Å². The quantitative estimate of drug-likeness (QED) is 0.154. The fraction of sp³-hybridized carbons (Fsp3) is 0.782. The first-order chi connectivity index (χ1) is 37.7. The van der Waals surface area contributed by atoms with Gasteiger partial charge in [0.05, 0.1) is 59.0 Å². The fourth-order valence-electron chi connectivity index (χ4n) is 13.8. The molecule has 0 aromatic rings. The monoisotopic (exact) mass is 1150 g/mol. The third kappa shape index (κ3) is 9.41. The van der Waals surface area contributed by atoms with Crippen LogP contribution >= 0.6 is 0 Å². The van der Waals surface area contributed by atoms with Gasteiger partial charge in [0.2, 0.25) is 0 Å². The van der Waals surface area contributed by atoms with E-state index in [1.807, 2.05) is 26.8 Å². The van der Waals surface area contributed by atoms with Crippen molar-refractivity contribution in [2.45, 2.75) is 157 Å². The molecule has 9 rings (SSSR count). The van der Waals surface area contributed by atoms with Crippen LogP contribution in [0.15, 0.2) is 0 Å². The van der Waals surface area contributed by atoms with Gasteiger partial charge in [-0.25, -0.2) is 14.4 Å². The van der Waals surface area contributed by atoms with Crippen molar-refractivity contribution in [3.63, 3.8) is 0 Å². The van der Waals surface area contributed by atoms with E-state index in [9.17, 15) is 82.3 Å². The van der Waals surface area contributed by atoms with Crippen molar-refractivity contribution in [3.8, 4) is 18.2 Å². The van der Waals surface area contributed by atoms with Crippen LogP contribution in [0.2, 0.25) is 0 Å². The van der Waals surface area contributed by atoms with Gasteiger partial charge in [0.1, 0.15) is 36.6 Å². The molecule has 81 heavy (non-hydrogen) atoms. The first kappa shape index (κ1) is 62.0. The number of halogens is 3. The summed E-state index contributed by atoms with van der Waals surface area (Å²) in [5, 5.41) is 48.6. The standard InChI is InChI=1S/C19H25NO8.C18H20F3NO6.C18H23NO6/c1-4-16(2,3)14(24)26-5-11(23)27-12-13-19(10-22)7-17(12,9-21)6-18(19,8-20)15(25)28-13;1-4-16(2,3)14(24)26-6-10(23)27-11-8-5-9-12(11)28-15(25)17(9,7-22)13(8)18(19,20)21;1-5-17(3,4)15(21)23-7-12(20)24-13-10-6-11-14(13)25-16(22)18(11,8-19)9(10)2/h12-13,21-22H,4-7,9-10H2,1-3H3;8-9,11-13H,4-6H2,1-3H3;9-11,13-14H,5-7H2,1-4H3. The Morgan fingerprint density at radius 2 is 1.02 bits per heavy atom. The van der Waals surface area contributed by atoms with Crippen LogP contribution < -0.4 is 0 Å². The third-order valence-electron chi connectivity index (χ3n) is 19.7. The number of aliphatic hydroxyl groups is 2. The summed E-state index contributed by atoms with van der Waals surface area (Å²) in [4.78, 5) is 109. The molecule has 0 aromatic carbocycles. The molecule has 9 fully saturated rings. The lowest BCUT2D eigenvalue weighted by molar-refractivity contribution is -0.221. The number of carbonyl (C=O) groups excluding carboxylic acids is 9. The summed E-state index contributed by atoms with van der Waals surface area (Å²) in [5.74, 6) is -11.7. The second-order valence-corrected chi connectivity index (χ2v) is 24.8. The molecule has 444 valence electrons. The first-order valence-electron chi connectivity index (χ1n) is 26.9. The van der Waals surface area contributed by atoms with Crippen molar-refractivity contribution in [3.05, 3.63) is 0 Å². The Bertz CT molecular complexity index is 2760. The number of rotatable bonds is 17. The topological polar surface area (TPSA) is 349 Å². The molecule has 3 heterocycles. The van der Waals surface area contributed by atoms with E-state index in [4.69, 9.17) is 42.6 Å². The second kappa shape index (κ2) is 21.3. The molecule has 0 aromatic heterocycles. The van der Waals surface area contributed by atoms with Crippen molar-refractivity contribution in [2.24, 2.45) is 78.8 Å². The molecule has 3 saturated heterocycles. The summed E-state index contributed by atoms with van der Waals surface area (Å²) in [5.41, 5.74) is -9.46. The summed E-state index contributed by atoms with van der Waals surface area (Å²) >= 11 is 0. The van der Waals surface area contributed by atoms with E-state index in [1.165, 1.54) is 6.07 Å². The van der Waals surface area contributed by atoms with E-state index in [2.05, 4.69) is 6.07 Å². The average molecular weight is 1150 g/mol. The van der Waals surface area contributed by atoms with Gasteiger partial charge in [0.15, 0.2) is 36.1 Å². The Labute approximate surface area is 464 Å². The Balaban J connectivity index is 0.000000176. The van der Waals surface area contributed by atoms with Crippen LogP contribution in [0, 0.1) is 113 Å². The second-order valence-electron chi connectivity index (χ2n) is 24.8. The van der Waals surface area contributed by atoms with Gasteiger partial charge >= 0.3 is 59.9 Å². The maximum absolute atomic E-state index is 13.6. The van der Waals surface area contributed by atoms with Gasteiger partial charge in [-0.05, 0) is 92.4 Å². The third-order valence-corrected chi connectivity index (χ3v) is 19.7. The molecule has 17 atom stereocenters. The molecule has 0 amide bonds. The molecule has 0 spiro atoms. The molecule has 6 bridgehead atoms. The number of hydrogen-bond donors (Lipinski definition) is 2. The smallest absolute Gasteiger partial charge is 0.394 e. The molecular weight excluding hydrogens is 1080 g/mol. The van der Waals surface area contributed by atoms with E-state index in [0.717, 1.165) is 0 Å². The van der Waals surface area contributed by atoms with Crippen LogP contribution in [0.25, 0.3) is 0 Å². The molecule has 6 aliphatic carbocycles. The van der Waals surface area contributed by atoms with Crippen LogP contribution in [0.5, 0.6) is 0 Å². The highest BCUT2D eigenvalue weighted by molar-refractivity contribution is 5.88. The summed E-state index contributed by atoms with van der Waals surface area (Å²) in [6.07, 6.45) is -8.26. The average Bonchev–Trinajstić information content (AvgIpc) is 2.15. The van der Waals surface area contributed by atoms with Crippen molar-refractivity contribution in [1.29, 1.82) is 15.8 Å². The number of nitriles is 3. The van der Waals surface area contributed by atoms with Crippen LogP contribution in [0.1, 0.15) is 114 Å². The number of nitrogens with zero attached hydrogens (tertiary/aromatic N) is 3. The zero-order valence-electron chi connectivity index (χ0n) is 46.6. The molecule has 6 saturated carbocycles. The highest BCUT2D eigenvalue weighted by Crippen LogP contribution is 2.74. The Morgan fingerprint density at radius 1 is 0.605 bits per heavy atom. The lowest BCUT2D eigenvalue weighted by Crippen LogP contribution is -2.52. The van der Waals surface area contributed by atoms with Gasteiger partial charge in [-0.3, -0.25) is 28.8 Å². The van der Waals surface area contributed by atoms with E-state index in [0.29, 0.717) is 25.7 Å². The Morgan fingerprint density at radius 3 is 1.43 bits per heavy atom. The highest BCUT2D eigenvalue weighted by Gasteiger charge is 2.86. The zero-order chi connectivity index (χ0) is 60.6. The van der Waals surface area contributed by atoms with Gasteiger partial charge in [-0.2, -0.15) is 29.0 Å². The van der Waals surface area contributed by atoms with Crippen molar-refractivity contribution in [2.75, 3.05) is 33.0 Å². The minimum atomic E-state index is -4.83. The molecule has 2 N–H and O–H groups in total. The molecule has 23 nitrogen and oxygen atoms in total. The summed E-state index contributed by atoms with van der Waals surface area (Å²) in [7, 11) is 0. The molecule has 17 unspecified atom stereocenters. The number of aliphatic hydroxyl groups excluding tert-OH is 2. The SMILES string of the molecule is CCC(C)(C)C(=O)OCC(=O)OC1C2CC3C1OC(=O)C3(C#N)C2C.CCC(C)(C)C(=O)OCC(=O)OC1C2CC3C1OC(=O)C3(C#N)C2C(F)(F)F.CCC(C)(C)C(=O)OCC(=O)OC1C2OC(=O)C3(C#N)CC1(CO)CC23CO. The maximum atomic E-state index is 13.6. The maximum Gasteiger partial charge on any atom is 0.394 e. The summed E-state index contributed by atoms with van der Waals surface area (Å²) < 4.78 is 87.7. The lowest BCUT2D eigenvalue weighted by Gasteiger charge is -2.39. The first-order valence-corrected chi connectivity index (χ1v) is 26.9. The van der Waals surface area contributed by atoms with Crippen molar-refractivity contribution >= 4 is 53.7 Å². The van der Waals surface area contributed by atoms with E-state index >= 15 is 0 Å². The van der Waals surface area contributed by atoms with E-state index in [-0.39, 0.29) is 37.0 Å². The molecule has 3 aliphatic heterocycles. The molecule has 9 aliphatic rings. The van der Waals surface area contributed by atoms with E-state index < -0.39 is 191 Å².